The molecule has 0 spiro atoms. The third-order valence-corrected chi connectivity index (χ3v) is 2.80. The van der Waals surface area contributed by atoms with Crippen LogP contribution in [0.3, 0.4) is 0 Å². The van der Waals surface area contributed by atoms with Crippen molar-refractivity contribution in [3.8, 4) is 6.07 Å². The second-order valence-electron chi connectivity index (χ2n) is 4.22. The van der Waals surface area contributed by atoms with Gasteiger partial charge in [0.2, 0.25) is 0 Å². The maximum absolute atomic E-state index is 13.6. The molecule has 2 aromatic rings. The average Bonchev–Trinajstić information content (AvgIpc) is 2.45. The van der Waals surface area contributed by atoms with Crippen LogP contribution in [0.25, 0.3) is 0 Å². The van der Waals surface area contributed by atoms with Crippen LogP contribution in [0, 0.1) is 28.8 Å². The number of carbonyl (C=O) groups is 1. The number of carbonyl (C=O) groups excluding carboxylic acids is 1. The minimum Gasteiger partial charge on any atom is -0.348 e. The highest BCUT2D eigenvalue weighted by Gasteiger charge is 2.13. The number of nitrogens with one attached hydrogen (secondary N) is 1. The van der Waals surface area contributed by atoms with Gasteiger partial charge in [0.05, 0.1) is 17.2 Å². The van der Waals surface area contributed by atoms with Crippen molar-refractivity contribution in [2.24, 2.45) is 0 Å². The Bertz CT molecular complexity index is 738. The van der Waals surface area contributed by atoms with Crippen molar-refractivity contribution in [2.45, 2.75) is 6.54 Å². The largest absolute Gasteiger partial charge is 0.348 e. The van der Waals surface area contributed by atoms with Crippen molar-refractivity contribution in [3.63, 3.8) is 0 Å². The Labute approximate surface area is 118 Å². The molecule has 21 heavy (non-hydrogen) atoms. The fraction of sp³-hybridized carbons (Fsp3) is 0.0667. The third kappa shape index (κ3) is 3.39. The van der Waals surface area contributed by atoms with Gasteiger partial charge in [0.1, 0.15) is 17.5 Å². The van der Waals surface area contributed by atoms with Gasteiger partial charge in [-0.05, 0) is 24.3 Å². The Balaban J connectivity index is 2.09. The quantitative estimate of drug-likeness (QED) is 0.945. The molecule has 3 nitrogen and oxygen atoms in total. The van der Waals surface area contributed by atoms with E-state index in [9.17, 15) is 18.0 Å². The lowest BCUT2D eigenvalue weighted by Crippen LogP contribution is -2.24. The minimum atomic E-state index is -0.993. The standard InChI is InChI=1S/C15H9F3N2O/c16-11-3-4-12(14(18)6-11)15(21)20-8-10-2-1-9(7-19)5-13(10)17/h1-6H,8H2,(H,20,21). The summed E-state index contributed by atoms with van der Waals surface area (Å²) in [6, 6.07) is 8.15. The molecule has 0 heterocycles. The van der Waals surface area contributed by atoms with Crippen molar-refractivity contribution in [2.75, 3.05) is 0 Å². The number of hydrogen-bond donors (Lipinski definition) is 1. The topological polar surface area (TPSA) is 52.9 Å². The number of benzene rings is 2. The van der Waals surface area contributed by atoms with E-state index in [1.165, 1.54) is 12.1 Å². The van der Waals surface area contributed by atoms with Crippen molar-refractivity contribution >= 4 is 5.91 Å². The molecule has 0 saturated heterocycles. The SMILES string of the molecule is N#Cc1ccc(CNC(=O)c2ccc(F)cc2F)c(F)c1. The van der Waals surface area contributed by atoms with Crippen LogP contribution < -0.4 is 5.32 Å². The molecule has 0 atom stereocenters. The van der Waals surface area contributed by atoms with Crippen LogP contribution in [-0.4, -0.2) is 5.91 Å². The first-order valence-electron chi connectivity index (χ1n) is 5.93. The van der Waals surface area contributed by atoms with E-state index < -0.39 is 23.4 Å². The molecular formula is C15H9F3N2O. The van der Waals surface area contributed by atoms with Crippen LogP contribution in [0.5, 0.6) is 0 Å². The summed E-state index contributed by atoms with van der Waals surface area (Å²) in [4.78, 5) is 11.7. The highest BCUT2D eigenvalue weighted by atomic mass is 19.1. The fourth-order valence-electron chi connectivity index (χ4n) is 1.70. The number of nitrogens with zero attached hydrogens (tertiary/aromatic N) is 1. The Morgan fingerprint density at radius 3 is 2.48 bits per heavy atom. The Hall–Kier alpha value is -2.81. The predicted molar refractivity (Wildman–Crippen MR) is 68.6 cm³/mol. The van der Waals surface area contributed by atoms with Gasteiger partial charge in [-0.3, -0.25) is 4.79 Å². The predicted octanol–water partition coefficient (Wildman–Crippen LogP) is 2.91. The third-order valence-electron chi connectivity index (χ3n) is 2.80. The van der Waals surface area contributed by atoms with Gasteiger partial charge < -0.3 is 5.32 Å². The zero-order chi connectivity index (χ0) is 15.4. The lowest BCUT2D eigenvalue weighted by molar-refractivity contribution is 0.0946. The van der Waals surface area contributed by atoms with Gasteiger partial charge in [0.15, 0.2) is 0 Å². The molecule has 0 fully saturated rings. The molecule has 1 amide bonds. The molecule has 0 aliphatic carbocycles. The number of rotatable bonds is 3. The van der Waals surface area contributed by atoms with Gasteiger partial charge in [-0.25, -0.2) is 13.2 Å². The zero-order valence-electron chi connectivity index (χ0n) is 10.7. The summed E-state index contributed by atoms with van der Waals surface area (Å²) in [7, 11) is 0. The number of halogens is 3. The monoisotopic (exact) mass is 290 g/mol. The van der Waals surface area contributed by atoms with E-state index in [1.807, 2.05) is 0 Å². The molecule has 0 radical (unpaired) electrons. The highest BCUT2D eigenvalue weighted by Crippen LogP contribution is 2.12. The van der Waals surface area contributed by atoms with E-state index in [-0.39, 0.29) is 23.2 Å². The van der Waals surface area contributed by atoms with Gasteiger partial charge in [0, 0.05) is 18.2 Å². The first kappa shape index (κ1) is 14.6. The van der Waals surface area contributed by atoms with E-state index in [0.29, 0.717) is 6.07 Å². The van der Waals surface area contributed by atoms with E-state index in [2.05, 4.69) is 5.32 Å². The van der Waals surface area contributed by atoms with Crippen LogP contribution in [0.4, 0.5) is 13.2 Å². The molecule has 0 unspecified atom stereocenters. The van der Waals surface area contributed by atoms with Crippen molar-refractivity contribution in [1.82, 2.24) is 5.32 Å². The lowest BCUT2D eigenvalue weighted by atomic mass is 10.1. The highest BCUT2D eigenvalue weighted by molar-refractivity contribution is 5.94. The Morgan fingerprint density at radius 2 is 1.86 bits per heavy atom. The van der Waals surface area contributed by atoms with Crippen LogP contribution in [0.1, 0.15) is 21.5 Å². The minimum absolute atomic E-state index is 0.157. The lowest BCUT2D eigenvalue weighted by Gasteiger charge is -2.07. The van der Waals surface area contributed by atoms with Gasteiger partial charge in [-0.2, -0.15) is 5.26 Å². The molecule has 0 aromatic heterocycles. The molecule has 0 saturated carbocycles. The van der Waals surface area contributed by atoms with Crippen LogP contribution >= 0.6 is 0 Å². The van der Waals surface area contributed by atoms with Gasteiger partial charge >= 0.3 is 0 Å². The van der Waals surface area contributed by atoms with Crippen molar-refractivity contribution < 1.29 is 18.0 Å². The van der Waals surface area contributed by atoms with Crippen molar-refractivity contribution in [3.05, 3.63) is 70.5 Å². The summed E-state index contributed by atoms with van der Waals surface area (Å²) in [5, 5.41) is 10.9. The molecule has 1 N–H and O–H groups in total. The van der Waals surface area contributed by atoms with Crippen LogP contribution in [0.2, 0.25) is 0 Å². The van der Waals surface area contributed by atoms with E-state index in [1.54, 1.807) is 6.07 Å². The number of hydrogen-bond acceptors (Lipinski definition) is 2. The van der Waals surface area contributed by atoms with Gasteiger partial charge in [-0.1, -0.05) is 6.07 Å². The molecule has 0 bridgehead atoms. The molecule has 2 rings (SSSR count). The molecule has 0 aliphatic heterocycles. The summed E-state index contributed by atoms with van der Waals surface area (Å²) in [6.07, 6.45) is 0. The number of nitriles is 1. The molecule has 0 aliphatic rings. The normalized spacial score (nSPS) is 10.0. The Morgan fingerprint density at radius 1 is 1.10 bits per heavy atom. The smallest absolute Gasteiger partial charge is 0.254 e. The maximum Gasteiger partial charge on any atom is 0.254 e. The second-order valence-corrected chi connectivity index (χ2v) is 4.22. The molecule has 2 aromatic carbocycles. The maximum atomic E-state index is 13.6. The average molecular weight is 290 g/mol. The van der Waals surface area contributed by atoms with E-state index >= 15 is 0 Å². The molecule has 6 heteroatoms. The number of amides is 1. The van der Waals surface area contributed by atoms with Gasteiger partial charge in [0.25, 0.3) is 5.91 Å². The second kappa shape index (κ2) is 6.09. The first-order chi connectivity index (χ1) is 10.0. The first-order valence-corrected chi connectivity index (χ1v) is 5.93. The summed E-state index contributed by atoms with van der Waals surface area (Å²) >= 11 is 0. The zero-order valence-corrected chi connectivity index (χ0v) is 10.7. The summed E-state index contributed by atoms with van der Waals surface area (Å²) in [6.45, 7) is -0.173. The van der Waals surface area contributed by atoms with Crippen LogP contribution in [0.15, 0.2) is 36.4 Å². The molecular weight excluding hydrogens is 281 g/mol. The van der Waals surface area contributed by atoms with Gasteiger partial charge in [-0.15, -0.1) is 0 Å². The van der Waals surface area contributed by atoms with Crippen molar-refractivity contribution in [1.29, 1.82) is 5.26 Å². The molecule has 106 valence electrons. The van der Waals surface area contributed by atoms with E-state index in [4.69, 9.17) is 5.26 Å². The summed E-state index contributed by atoms with van der Waals surface area (Å²) in [5.41, 5.74) is -0.0116. The fourth-order valence-corrected chi connectivity index (χ4v) is 1.70. The van der Waals surface area contributed by atoms with E-state index in [0.717, 1.165) is 18.2 Å². The summed E-state index contributed by atoms with van der Waals surface area (Å²) < 4.78 is 39.7. The summed E-state index contributed by atoms with van der Waals surface area (Å²) in [5.74, 6) is -3.21. The Kier molecular flexibility index (Phi) is 4.24. The van der Waals surface area contributed by atoms with Crippen LogP contribution in [-0.2, 0) is 6.54 Å².